The summed E-state index contributed by atoms with van der Waals surface area (Å²) in [5, 5.41) is 0. The van der Waals surface area contributed by atoms with Gasteiger partial charge in [-0.3, -0.25) is 14.1 Å². The molecule has 0 aromatic heterocycles. The zero-order valence-electron chi connectivity index (χ0n) is 8.28. The number of allylic oxidation sites excluding steroid dienone is 1. The van der Waals surface area contributed by atoms with Gasteiger partial charge in [-0.15, -0.1) is 12.4 Å². The van der Waals surface area contributed by atoms with Gasteiger partial charge in [0.05, 0.1) is 0 Å². The summed E-state index contributed by atoms with van der Waals surface area (Å²) in [7, 11) is -4.66. The normalized spacial score (nSPS) is 14.8. The van der Waals surface area contributed by atoms with Gasteiger partial charge in [-0.1, -0.05) is 24.3 Å². The van der Waals surface area contributed by atoms with Gasteiger partial charge in [0, 0.05) is 5.56 Å². The van der Waals surface area contributed by atoms with Gasteiger partial charge in [0.25, 0.3) is 10.1 Å². The smallest absolute Gasteiger partial charge is 0.285 e. The molecule has 0 atom stereocenters. The van der Waals surface area contributed by atoms with Crippen molar-refractivity contribution in [2.45, 2.75) is 0 Å². The minimum absolute atomic E-state index is 0. The van der Waals surface area contributed by atoms with Gasteiger partial charge in [0.15, 0.2) is 0 Å². The van der Waals surface area contributed by atoms with E-state index in [0.717, 1.165) is 6.08 Å². The van der Waals surface area contributed by atoms with Gasteiger partial charge in [0.1, 0.15) is 4.91 Å². The predicted molar refractivity (Wildman–Crippen MR) is 62.6 cm³/mol. The van der Waals surface area contributed by atoms with Gasteiger partial charge < -0.3 is 0 Å². The van der Waals surface area contributed by atoms with Crippen LogP contribution in [0.15, 0.2) is 29.2 Å². The average molecular weight is 275 g/mol. The summed E-state index contributed by atoms with van der Waals surface area (Å²) in [5.74, 6) is -2.13. The van der Waals surface area contributed by atoms with E-state index in [1.807, 2.05) is 0 Å². The Kier molecular flexibility index (Phi) is 3.51. The van der Waals surface area contributed by atoms with E-state index >= 15 is 0 Å². The van der Waals surface area contributed by atoms with E-state index in [1.54, 1.807) is 12.1 Å². The second kappa shape index (κ2) is 4.40. The Balaban J connectivity index is 0.00000144. The van der Waals surface area contributed by atoms with Crippen molar-refractivity contribution < 1.29 is 22.6 Å². The zero-order chi connectivity index (χ0) is 11.9. The molecule has 1 aliphatic rings. The van der Waals surface area contributed by atoms with Crippen molar-refractivity contribution in [3.05, 3.63) is 40.3 Å². The van der Waals surface area contributed by atoms with Gasteiger partial charge in [-0.05, 0) is 11.6 Å². The molecular formula is C10H7ClO5S. The minimum Gasteiger partial charge on any atom is -0.285 e. The second-order valence-electron chi connectivity index (χ2n) is 3.23. The van der Waals surface area contributed by atoms with Crippen molar-refractivity contribution in [2.75, 3.05) is 0 Å². The van der Waals surface area contributed by atoms with Crippen LogP contribution in [0.25, 0.3) is 6.08 Å². The summed E-state index contributed by atoms with van der Waals surface area (Å²) in [5.41, 5.74) is 0.444. The van der Waals surface area contributed by atoms with Crippen molar-refractivity contribution in [3.8, 4) is 0 Å². The number of carbonyl (C=O) groups is 2. The van der Waals surface area contributed by atoms with Crippen LogP contribution in [0.1, 0.15) is 15.9 Å². The molecule has 7 heteroatoms. The molecule has 0 saturated carbocycles. The van der Waals surface area contributed by atoms with Crippen LogP contribution in [0.4, 0.5) is 0 Å². The molecule has 90 valence electrons. The molecular weight excluding hydrogens is 268 g/mol. The summed E-state index contributed by atoms with van der Waals surface area (Å²) in [6.07, 6.45) is 0.994. The molecule has 0 amide bonds. The van der Waals surface area contributed by atoms with Crippen molar-refractivity contribution in [3.63, 3.8) is 0 Å². The molecule has 1 aliphatic carbocycles. The molecule has 0 fully saturated rings. The summed E-state index contributed by atoms with van der Waals surface area (Å²) in [6, 6.07) is 6.08. The Morgan fingerprint density at radius 2 is 1.59 bits per heavy atom. The molecule has 2 rings (SSSR count). The number of ketones is 2. The van der Waals surface area contributed by atoms with Crippen molar-refractivity contribution in [2.24, 2.45) is 0 Å². The van der Waals surface area contributed by atoms with Gasteiger partial charge in [0.2, 0.25) is 11.6 Å². The average Bonchev–Trinajstić information content (AvgIpc) is 2.22. The molecule has 17 heavy (non-hydrogen) atoms. The third-order valence-electron chi connectivity index (χ3n) is 2.20. The fourth-order valence-corrected chi connectivity index (χ4v) is 2.07. The van der Waals surface area contributed by atoms with E-state index in [-0.39, 0.29) is 18.0 Å². The monoisotopic (exact) mass is 274 g/mol. The minimum atomic E-state index is -4.66. The topological polar surface area (TPSA) is 88.5 Å². The number of rotatable bonds is 1. The van der Waals surface area contributed by atoms with E-state index < -0.39 is 26.6 Å². The van der Waals surface area contributed by atoms with E-state index in [2.05, 4.69) is 0 Å². The van der Waals surface area contributed by atoms with E-state index in [1.165, 1.54) is 12.1 Å². The van der Waals surface area contributed by atoms with Gasteiger partial charge in [-0.25, -0.2) is 0 Å². The lowest BCUT2D eigenvalue weighted by Gasteiger charge is -2.11. The second-order valence-corrected chi connectivity index (χ2v) is 4.62. The van der Waals surface area contributed by atoms with Crippen LogP contribution < -0.4 is 0 Å². The molecule has 0 unspecified atom stereocenters. The van der Waals surface area contributed by atoms with Crippen molar-refractivity contribution in [1.29, 1.82) is 0 Å². The lowest BCUT2D eigenvalue weighted by atomic mass is 9.95. The number of hydrogen-bond acceptors (Lipinski definition) is 4. The third-order valence-corrected chi connectivity index (χ3v) is 3.06. The molecule has 1 N–H and O–H groups in total. The van der Waals surface area contributed by atoms with Crippen LogP contribution in [0.5, 0.6) is 0 Å². The summed E-state index contributed by atoms with van der Waals surface area (Å²) < 4.78 is 30.5. The predicted octanol–water partition coefficient (Wildman–Crippen LogP) is 1.10. The highest BCUT2D eigenvalue weighted by Gasteiger charge is 2.33. The van der Waals surface area contributed by atoms with Crippen LogP contribution in [0.3, 0.4) is 0 Å². The van der Waals surface area contributed by atoms with Crippen molar-refractivity contribution in [1.82, 2.24) is 0 Å². The molecule has 0 bridgehead atoms. The van der Waals surface area contributed by atoms with Crippen molar-refractivity contribution >= 4 is 40.2 Å². The Morgan fingerprint density at radius 3 is 2.18 bits per heavy atom. The molecule has 1 aromatic carbocycles. The first kappa shape index (κ1) is 13.6. The third kappa shape index (κ3) is 2.28. The Labute approximate surface area is 103 Å². The molecule has 0 saturated heterocycles. The molecule has 1 aromatic rings. The number of fused-ring (bicyclic) bond motifs is 1. The quantitative estimate of drug-likeness (QED) is 0.612. The standard InChI is InChI=1S/C10H6O5S.ClH/c11-9-7-4-2-1-3-6(7)5-8(10(9)12)16(13,14)15;/h1-5H,(H,13,14,15);1H. The number of halogens is 1. The van der Waals surface area contributed by atoms with Crippen LogP contribution in [-0.2, 0) is 14.9 Å². The Hall–Kier alpha value is -1.50. The maximum atomic E-state index is 11.5. The number of benzene rings is 1. The number of Topliss-reactive ketones (excluding diaryl/α,β-unsaturated/α-hetero) is 2. The molecule has 0 radical (unpaired) electrons. The number of hydrogen-bond donors (Lipinski definition) is 1. The molecule has 0 heterocycles. The molecule has 0 aliphatic heterocycles. The highest BCUT2D eigenvalue weighted by molar-refractivity contribution is 7.91. The zero-order valence-corrected chi connectivity index (χ0v) is 9.92. The molecule has 5 nitrogen and oxygen atoms in total. The Morgan fingerprint density at radius 1 is 1.00 bits per heavy atom. The molecule has 0 spiro atoms. The first-order chi connectivity index (χ1) is 7.41. The number of carbonyl (C=O) groups excluding carboxylic acids is 2. The Bertz CT molecular complexity index is 630. The maximum absolute atomic E-state index is 11.5. The van der Waals surface area contributed by atoms with E-state index in [0.29, 0.717) is 5.56 Å². The maximum Gasteiger partial charge on any atom is 0.298 e. The lowest BCUT2D eigenvalue weighted by Crippen LogP contribution is -2.25. The highest BCUT2D eigenvalue weighted by atomic mass is 35.5. The fraction of sp³-hybridized carbons (Fsp3) is 0. The first-order valence-corrected chi connectivity index (χ1v) is 5.72. The summed E-state index contributed by atoms with van der Waals surface area (Å²) in [6.45, 7) is 0. The SMILES string of the molecule is Cl.O=C1C(=O)c2ccccc2C=C1S(=O)(=O)O. The largest absolute Gasteiger partial charge is 0.298 e. The van der Waals surface area contributed by atoms with Crippen LogP contribution in [0.2, 0.25) is 0 Å². The summed E-state index contributed by atoms with van der Waals surface area (Å²) in [4.78, 5) is 22.0. The van der Waals surface area contributed by atoms with Gasteiger partial charge in [-0.2, -0.15) is 8.42 Å². The van der Waals surface area contributed by atoms with Gasteiger partial charge >= 0.3 is 0 Å². The lowest BCUT2D eigenvalue weighted by molar-refractivity contribution is -0.111. The first-order valence-electron chi connectivity index (χ1n) is 4.28. The van der Waals surface area contributed by atoms with Crippen LogP contribution >= 0.6 is 12.4 Å². The fourth-order valence-electron chi connectivity index (χ4n) is 1.46. The van der Waals surface area contributed by atoms with E-state index in [4.69, 9.17) is 4.55 Å². The van der Waals surface area contributed by atoms with E-state index in [9.17, 15) is 18.0 Å². The highest BCUT2D eigenvalue weighted by Crippen LogP contribution is 2.23. The van der Waals surface area contributed by atoms with Crippen LogP contribution in [0, 0.1) is 0 Å². The van der Waals surface area contributed by atoms with Crippen LogP contribution in [-0.4, -0.2) is 24.5 Å². The summed E-state index contributed by atoms with van der Waals surface area (Å²) >= 11 is 0.